The summed E-state index contributed by atoms with van der Waals surface area (Å²) in [5, 5.41) is 18.6. The molecule has 0 aromatic heterocycles. The number of phenols is 1. The van der Waals surface area contributed by atoms with Gasteiger partial charge in [0.15, 0.2) is 0 Å². The predicted molar refractivity (Wildman–Crippen MR) is 73.1 cm³/mol. The lowest BCUT2D eigenvalue weighted by molar-refractivity contribution is -0.144. The highest BCUT2D eigenvalue weighted by Gasteiger charge is 2.32. The zero-order valence-corrected chi connectivity index (χ0v) is 11.6. The molecule has 2 unspecified atom stereocenters. The van der Waals surface area contributed by atoms with Gasteiger partial charge in [-0.05, 0) is 32.4 Å². The Kier molecular flexibility index (Phi) is 4.60. The molecular formula is C15H20FNO3. The van der Waals surface area contributed by atoms with E-state index in [-0.39, 0.29) is 11.8 Å². The number of nitrogens with zero attached hydrogens (tertiary/aromatic N) is 1. The lowest BCUT2D eigenvalue weighted by Crippen LogP contribution is -2.42. The van der Waals surface area contributed by atoms with Gasteiger partial charge in [-0.25, -0.2) is 4.39 Å². The summed E-state index contributed by atoms with van der Waals surface area (Å²) in [4.78, 5) is 13.3. The van der Waals surface area contributed by atoms with Crippen molar-refractivity contribution < 1.29 is 19.4 Å². The van der Waals surface area contributed by atoms with Crippen LogP contribution in [0.4, 0.5) is 4.39 Å². The first-order valence-electron chi connectivity index (χ1n) is 6.97. The summed E-state index contributed by atoms with van der Waals surface area (Å²) in [6.07, 6.45) is 3.41. The maximum absolute atomic E-state index is 14.0. The largest absolute Gasteiger partial charge is 0.508 e. The molecule has 0 bridgehead atoms. The summed E-state index contributed by atoms with van der Waals surface area (Å²) in [5.74, 6) is -1.46. The third-order valence-corrected chi connectivity index (χ3v) is 4.01. The van der Waals surface area contributed by atoms with Gasteiger partial charge in [-0.3, -0.25) is 9.69 Å². The lowest BCUT2D eigenvalue weighted by Gasteiger charge is -2.33. The number of carbonyl (C=O) groups is 1. The van der Waals surface area contributed by atoms with Crippen LogP contribution in [0.15, 0.2) is 18.2 Å². The van der Waals surface area contributed by atoms with Gasteiger partial charge >= 0.3 is 5.97 Å². The van der Waals surface area contributed by atoms with Gasteiger partial charge in [0, 0.05) is 17.7 Å². The first kappa shape index (κ1) is 14.8. The Balaban J connectivity index is 2.28. The van der Waals surface area contributed by atoms with Crippen molar-refractivity contribution in [1.82, 2.24) is 4.90 Å². The lowest BCUT2D eigenvalue weighted by atomic mass is 10.0. The van der Waals surface area contributed by atoms with E-state index in [2.05, 4.69) is 0 Å². The van der Waals surface area contributed by atoms with Crippen LogP contribution in [-0.4, -0.2) is 33.7 Å². The number of halogens is 1. The molecule has 1 heterocycles. The van der Waals surface area contributed by atoms with Crippen LogP contribution in [0.2, 0.25) is 0 Å². The van der Waals surface area contributed by atoms with E-state index in [1.54, 1.807) is 0 Å². The van der Waals surface area contributed by atoms with Gasteiger partial charge in [-0.2, -0.15) is 0 Å². The Morgan fingerprint density at radius 3 is 2.80 bits per heavy atom. The van der Waals surface area contributed by atoms with E-state index in [1.807, 2.05) is 11.8 Å². The van der Waals surface area contributed by atoms with E-state index in [4.69, 9.17) is 0 Å². The molecule has 0 amide bonds. The van der Waals surface area contributed by atoms with E-state index in [0.717, 1.165) is 25.3 Å². The Labute approximate surface area is 117 Å². The predicted octanol–water partition coefficient (Wildman–Crippen LogP) is 2.92. The minimum atomic E-state index is -0.849. The highest BCUT2D eigenvalue weighted by Crippen LogP contribution is 2.30. The topological polar surface area (TPSA) is 60.8 Å². The molecule has 0 aliphatic carbocycles. The second kappa shape index (κ2) is 6.22. The standard InChI is InChI=1S/C15H20FNO3/c1-10(12-7-6-11(18)9-13(12)16)17-8-4-2-3-5-14(17)15(19)20/h6-7,9-10,14,18H,2-5,8H2,1H3,(H,19,20). The van der Waals surface area contributed by atoms with Crippen LogP contribution < -0.4 is 0 Å². The Hall–Kier alpha value is -1.62. The van der Waals surface area contributed by atoms with Gasteiger partial charge in [-0.1, -0.05) is 18.9 Å². The fourth-order valence-corrected chi connectivity index (χ4v) is 2.89. The van der Waals surface area contributed by atoms with Gasteiger partial charge in [0.1, 0.15) is 17.6 Å². The van der Waals surface area contributed by atoms with E-state index in [9.17, 15) is 19.4 Å². The fourth-order valence-electron chi connectivity index (χ4n) is 2.89. The number of aliphatic carboxylic acids is 1. The fraction of sp³-hybridized carbons (Fsp3) is 0.533. The Bertz CT molecular complexity index is 492. The molecule has 1 aromatic carbocycles. The third-order valence-electron chi connectivity index (χ3n) is 4.01. The molecule has 0 radical (unpaired) electrons. The van der Waals surface area contributed by atoms with Gasteiger partial charge in [0.25, 0.3) is 0 Å². The van der Waals surface area contributed by atoms with Crippen LogP contribution in [0.1, 0.15) is 44.2 Å². The van der Waals surface area contributed by atoms with E-state index < -0.39 is 17.8 Å². The van der Waals surface area contributed by atoms with Crippen LogP contribution in [0.3, 0.4) is 0 Å². The number of aromatic hydroxyl groups is 1. The summed E-state index contributed by atoms with van der Waals surface area (Å²) in [6.45, 7) is 2.47. The molecule has 1 fully saturated rings. The molecule has 2 N–H and O–H groups in total. The zero-order chi connectivity index (χ0) is 14.7. The van der Waals surface area contributed by atoms with Crippen LogP contribution in [0.5, 0.6) is 5.75 Å². The van der Waals surface area contributed by atoms with Gasteiger partial charge < -0.3 is 10.2 Å². The molecule has 4 nitrogen and oxygen atoms in total. The zero-order valence-electron chi connectivity index (χ0n) is 11.6. The molecule has 1 aliphatic rings. The summed E-state index contributed by atoms with van der Waals surface area (Å²) in [5.41, 5.74) is 0.427. The van der Waals surface area contributed by atoms with Crippen LogP contribution in [0, 0.1) is 5.82 Å². The number of carboxylic acids is 1. The highest BCUT2D eigenvalue weighted by atomic mass is 19.1. The minimum Gasteiger partial charge on any atom is -0.508 e. The average molecular weight is 281 g/mol. The van der Waals surface area contributed by atoms with E-state index in [1.165, 1.54) is 12.1 Å². The van der Waals surface area contributed by atoms with Crippen molar-refractivity contribution >= 4 is 5.97 Å². The first-order chi connectivity index (χ1) is 9.50. The molecule has 2 rings (SSSR count). The SMILES string of the molecule is CC(c1ccc(O)cc1F)N1CCCCCC1C(=O)O. The first-order valence-corrected chi connectivity index (χ1v) is 6.97. The van der Waals surface area contributed by atoms with Gasteiger partial charge in [-0.15, -0.1) is 0 Å². The monoisotopic (exact) mass is 281 g/mol. The molecule has 110 valence electrons. The molecule has 1 aliphatic heterocycles. The van der Waals surface area contributed by atoms with E-state index in [0.29, 0.717) is 18.5 Å². The number of phenolic OH excluding ortho intramolecular Hbond substituents is 1. The van der Waals surface area contributed by atoms with Crippen molar-refractivity contribution in [2.75, 3.05) is 6.54 Å². The smallest absolute Gasteiger partial charge is 0.320 e. The molecule has 5 heteroatoms. The molecule has 0 spiro atoms. The number of rotatable bonds is 3. The van der Waals surface area contributed by atoms with Crippen molar-refractivity contribution in [3.8, 4) is 5.75 Å². The normalized spacial score (nSPS) is 22.2. The second-order valence-corrected chi connectivity index (χ2v) is 5.32. The molecule has 1 saturated heterocycles. The van der Waals surface area contributed by atoms with Gasteiger partial charge in [0.05, 0.1) is 0 Å². The molecule has 2 atom stereocenters. The summed E-state index contributed by atoms with van der Waals surface area (Å²) < 4.78 is 14.0. The van der Waals surface area contributed by atoms with Crippen molar-refractivity contribution in [3.63, 3.8) is 0 Å². The number of benzene rings is 1. The van der Waals surface area contributed by atoms with E-state index >= 15 is 0 Å². The molecule has 0 saturated carbocycles. The summed E-state index contributed by atoms with van der Waals surface area (Å²) >= 11 is 0. The van der Waals surface area contributed by atoms with Crippen molar-refractivity contribution in [2.45, 2.75) is 44.7 Å². The number of carboxylic acid groups (broad SMARTS) is 1. The minimum absolute atomic E-state index is 0.121. The van der Waals surface area contributed by atoms with Crippen LogP contribution >= 0.6 is 0 Å². The number of hydrogen-bond acceptors (Lipinski definition) is 3. The molecule has 20 heavy (non-hydrogen) atoms. The average Bonchev–Trinajstić information content (AvgIpc) is 2.63. The van der Waals surface area contributed by atoms with Crippen LogP contribution in [0.25, 0.3) is 0 Å². The number of hydrogen-bond donors (Lipinski definition) is 2. The maximum Gasteiger partial charge on any atom is 0.320 e. The van der Waals surface area contributed by atoms with Crippen LogP contribution in [-0.2, 0) is 4.79 Å². The van der Waals surface area contributed by atoms with Crippen molar-refractivity contribution in [1.29, 1.82) is 0 Å². The third kappa shape index (κ3) is 3.10. The Morgan fingerprint density at radius 1 is 1.40 bits per heavy atom. The maximum atomic E-state index is 14.0. The highest BCUT2D eigenvalue weighted by molar-refractivity contribution is 5.73. The summed E-state index contributed by atoms with van der Waals surface area (Å²) in [6, 6.07) is 3.14. The quantitative estimate of drug-likeness (QED) is 0.894. The van der Waals surface area contributed by atoms with Crippen molar-refractivity contribution in [2.24, 2.45) is 0 Å². The molecular weight excluding hydrogens is 261 g/mol. The Morgan fingerprint density at radius 2 is 2.15 bits per heavy atom. The second-order valence-electron chi connectivity index (χ2n) is 5.32. The van der Waals surface area contributed by atoms with Crippen molar-refractivity contribution in [3.05, 3.63) is 29.6 Å². The molecule has 1 aromatic rings. The van der Waals surface area contributed by atoms with Gasteiger partial charge in [0.2, 0.25) is 0 Å². The number of likely N-dealkylation sites (tertiary alicyclic amines) is 1. The summed E-state index contributed by atoms with van der Waals surface area (Å²) in [7, 11) is 0.